The Labute approximate surface area is 101 Å². The van der Waals surface area contributed by atoms with Crippen molar-refractivity contribution in [1.29, 1.82) is 0 Å². The highest BCUT2D eigenvalue weighted by molar-refractivity contribution is 5.92. The lowest BCUT2D eigenvalue weighted by molar-refractivity contribution is 0.698. The van der Waals surface area contributed by atoms with Crippen molar-refractivity contribution in [1.82, 2.24) is 10.2 Å². The maximum absolute atomic E-state index is 5.69. The minimum Gasteiger partial charge on any atom is -0.364 e. The van der Waals surface area contributed by atoms with Crippen LogP contribution in [-0.2, 0) is 0 Å². The number of nitrogens with zero attached hydrogens (tertiary/aromatic N) is 2. The summed E-state index contributed by atoms with van der Waals surface area (Å²) in [4.78, 5) is 0. The number of nitrogens with one attached hydrogen (secondary N) is 1. The summed E-state index contributed by atoms with van der Waals surface area (Å²) in [5, 5.41) is 14.0. The normalized spacial score (nSPS) is 12.6. The van der Waals surface area contributed by atoms with Gasteiger partial charge < -0.3 is 11.1 Å². The summed E-state index contributed by atoms with van der Waals surface area (Å²) in [6.07, 6.45) is 0.973. The first kappa shape index (κ1) is 11.8. The van der Waals surface area contributed by atoms with E-state index in [2.05, 4.69) is 34.6 Å². The van der Waals surface area contributed by atoms with Crippen LogP contribution in [0.1, 0.15) is 19.0 Å². The zero-order valence-corrected chi connectivity index (χ0v) is 10.3. The fourth-order valence-electron chi connectivity index (χ4n) is 1.87. The molecule has 0 saturated heterocycles. The van der Waals surface area contributed by atoms with Gasteiger partial charge in [0, 0.05) is 23.4 Å². The van der Waals surface area contributed by atoms with Crippen molar-refractivity contribution in [3.63, 3.8) is 0 Å². The monoisotopic (exact) mass is 230 g/mol. The summed E-state index contributed by atoms with van der Waals surface area (Å²) in [5.74, 6) is 0.823. The molecule has 2 aromatic rings. The predicted octanol–water partition coefficient (Wildman–Crippen LogP) is 2.09. The van der Waals surface area contributed by atoms with E-state index in [1.807, 2.05) is 19.1 Å². The fourth-order valence-corrected chi connectivity index (χ4v) is 1.87. The standard InChI is InChI=1S/C13H18N4/c1-3-10(8-14)15-13-12-7-5-4-6-11(12)9(2)16-17-13/h4-7,10H,3,8,14H2,1-2H3,(H,15,17). The highest BCUT2D eigenvalue weighted by Crippen LogP contribution is 2.22. The van der Waals surface area contributed by atoms with Gasteiger partial charge in [-0.3, -0.25) is 0 Å². The molecule has 4 nitrogen and oxygen atoms in total. The SMILES string of the molecule is CCC(CN)Nc1nnc(C)c2ccccc12. The Morgan fingerprint density at radius 3 is 2.59 bits per heavy atom. The highest BCUT2D eigenvalue weighted by atomic mass is 15.2. The molecule has 4 heteroatoms. The zero-order chi connectivity index (χ0) is 12.3. The number of anilines is 1. The molecule has 0 saturated carbocycles. The van der Waals surface area contributed by atoms with E-state index in [0.717, 1.165) is 28.7 Å². The third-order valence-corrected chi connectivity index (χ3v) is 2.99. The Balaban J connectivity index is 2.44. The number of fused-ring (bicyclic) bond motifs is 1. The zero-order valence-electron chi connectivity index (χ0n) is 10.3. The maximum atomic E-state index is 5.69. The average Bonchev–Trinajstić information content (AvgIpc) is 2.38. The second kappa shape index (κ2) is 5.10. The van der Waals surface area contributed by atoms with Crippen LogP contribution in [0.15, 0.2) is 24.3 Å². The third kappa shape index (κ3) is 2.36. The number of aryl methyl sites for hydroxylation is 1. The van der Waals surface area contributed by atoms with E-state index in [1.54, 1.807) is 0 Å². The topological polar surface area (TPSA) is 63.8 Å². The second-order valence-corrected chi connectivity index (χ2v) is 4.16. The van der Waals surface area contributed by atoms with E-state index >= 15 is 0 Å². The Morgan fingerprint density at radius 1 is 1.24 bits per heavy atom. The molecule has 0 aliphatic heterocycles. The fraction of sp³-hybridized carbons (Fsp3) is 0.385. The molecule has 1 atom stereocenters. The van der Waals surface area contributed by atoms with Gasteiger partial charge in [0.2, 0.25) is 0 Å². The van der Waals surface area contributed by atoms with E-state index in [-0.39, 0.29) is 6.04 Å². The van der Waals surface area contributed by atoms with Crippen molar-refractivity contribution in [2.75, 3.05) is 11.9 Å². The number of aromatic nitrogens is 2. The summed E-state index contributed by atoms with van der Waals surface area (Å²) < 4.78 is 0. The van der Waals surface area contributed by atoms with Gasteiger partial charge in [0.1, 0.15) is 0 Å². The summed E-state index contributed by atoms with van der Waals surface area (Å²) in [5.41, 5.74) is 6.65. The van der Waals surface area contributed by atoms with Crippen LogP contribution in [0.3, 0.4) is 0 Å². The van der Waals surface area contributed by atoms with Gasteiger partial charge in [-0.25, -0.2) is 0 Å². The molecule has 1 aromatic carbocycles. The minimum absolute atomic E-state index is 0.246. The van der Waals surface area contributed by atoms with Crippen molar-refractivity contribution in [3.05, 3.63) is 30.0 Å². The van der Waals surface area contributed by atoms with Gasteiger partial charge in [-0.2, -0.15) is 5.10 Å². The molecule has 0 radical (unpaired) electrons. The molecule has 0 aliphatic rings. The van der Waals surface area contributed by atoms with E-state index in [9.17, 15) is 0 Å². The quantitative estimate of drug-likeness (QED) is 0.844. The van der Waals surface area contributed by atoms with Gasteiger partial charge in [0.05, 0.1) is 5.69 Å². The lowest BCUT2D eigenvalue weighted by Gasteiger charge is -2.16. The van der Waals surface area contributed by atoms with Crippen molar-refractivity contribution >= 4 is 16.6 Å². The first-order chi connectivity index (χ1) is 8.26. The van der Waals surface area contributed by atoms with Crippen LogP contribution < -0.4 is 11.1 Å². The summed E-state index contributed by atoms with van der Waals surface area (Å²) in [6, 6.07) is 8.39. The first-order valence-electron chi connectivity index (χ1n) is 5.95. The van der Waals surface area contributed by atoms with Crippen LogP contribution in [0.5, 0.6) is 0 Å². The molecule has 90 valence electrons. The Bertz CT molecular complexity index is 506. The number of hydrogen-bond acceptors (Lipinski definition) is 4. The van der Waals surface area contributed by atoms with E-state index in [4.69, 9.17) is 5.73 Å². The van der Waals surface area contributed by atoms with E-state index in [0.29, 0.717) is 6.54 Å². The molecule has 0 amide bonds. The maximum Gasteiger partial charge on any atom is 0.156 e. The highest BCUT2D eigenvalue weighted by Gasteiger charge is 2.09. The van der Waals surface area contributed by atoms with Gasteiger partial charge in [-0.05, 0) is 13.3 Å². The molecule has 17 heavy (non-hydrogen) atoms. The van der Waals surface area contributed by atoms with Gasteiger partial charge in [0.25, 0.3) is 0 Å². The van der Waals surface area contributed by atoms with Crippen LogP contribution in [0.4, 0.5) is 5.82 Å². The molecule has 0 fully saturated rings. The van der Waals surface area contributed by atoms with Crippen molar-refractivity contribution < 1.29 is 0 Å². The van der Waals surface area contributed by atoms with Gasteiger partial charge in [0.15, 0.2) is 5.82 Å². The Kier molecular flexibility index (Phi) is 3.54. The largest absolute Gasteiger partial charge is 0.364 e. The minimum atomic E-state index is 0.246. The first-order valence-corrected chi connectivity index (χ1v) is 5.95. The number of nitrogens with two attached hydrogens (primary N) is 1. The van der Waals surface area contributed by atoms with E-state index in [1.165, 1.54) is 0 Å². The number of benzene rings is 1. The van der Waals surface area contributed by atoms with Gasteiger partial charge in [-0.1, -0.05) is 31.2 Å². The molecule has 3 N–H and O–H groups in total. The molecule has 0 bridgehead atoms. The smallest absolute Gasteiger partial charge is 0.156 e. The third-order valence-electron chi connectivity index (χ3n) is 2.99. The number of hydrogen-bond donors (Lipinski definition) is 2. The summed E-state index contributed by atoms with van der Waals surface area (Å²) in [7, 11) is 0. The molecule has 1 aromatic heterocycles. The number of rotatable bonds is 4. The Morgan fingerprint density at radius 2 is 1.94 bits per heavy atom. The van der Waals surface area contributed by atoms with Crippen LogP contribution in [0.2, 0.25) is 0 Å². The molecule has 0 spiro atoms. The molecule has 1 unspecified atom stereocenters. The molecule has 2 rings (SSSR count). The summed E-state index contributed by atoms with van der Waals surface area (Å²) >= 11 is 0. The van der Waals surface area contributed by atoms with Crippen LogP contribution in [0, 0.1) is 6.92 Å². The second-order valence-electron chi connectivity index (χ2n) is 4.16. The van der Waals surface area contributed by atoms with Gasteiger partial charge in [-0.15, -0.1) is 5.10 Å². The lowest BCUT2D eigenvalue weighted by atomic mass is 10.1. The molecule has 0 aliphatic carbocycles. The van der Waals surface area contributed by atoms with Crippen molar-refractivity contribution in [3.8, 4) is 0 Å². The van der Waals surface area contributed by atoms with Crippen LogP contribution in [0.25, 0.3) is 10.8 Å². The van der Waals surface area contributed by atoms with Crippen molar-refractivity contribution in [2.45, 2.75) is 26.3 Å². The summed E-state index contributed by atoms with van der Waals surface area (Å²) in [6.45, 7) is 4.67. The molecule has 1 heterocycles. The van der Waals surface area contributed by atoms with Crippen LogP contribution >= 0.6 is 0 Å². The van der Waals surface area contributed by atoms with Gasteiger partial charge >= 0.3 is 0 Å². The predicted molar refractivity (Wildman–Crippen MR) is 71.0 cm³/mol. The Hall–Kier alpha value is -1.68. The van der Waals surface area contributed by atoms with Crippen LogP contribution in [-0.4, -0.2) is 22.8 Å². The van der Waals surface area contributed by atoms with E-state index < -0.39 is 0 Å². The molecular weight excluding hydrogens is 212 g/mol. The average molecular weight is 230 g/mol. The lowest BCUT2D eigenvalue weighted by Crippen LogP contribution is -2.28. The molecular formula is C13H18N4. The van der Waals surface area contributed by atoms with Crippen molar-refractivity contribution in [2.24, 2.45) is 5.73 Å².